The van der Waals surface area contributed by atoms with Gasteiger partial charge in [-0.3, -0.25) is 4.79 Å². The number of piperidine rings is 1. The fourth-order valence-electron chi connectivity index (χ4n) is 2.68. The largest absolute Gasteiger partial charge is 0.395 e. The molecule has 2 N–H and O–H groups in total. The second-order valence-electron chi connectivity index (χ2n) is 5.55. The first kappa shape index (κ1) is 14.5. The number of carbonyl (C=O) groups excluding carboxylic acids is 1. The van der Waals surface area contributed by atoms with Gasteiger partial charge in [-0.05, 0) is 39.5 Å². The number of aliphatic hydroxyl groups is 1. The van der Waals surface area contributed by atoms with Crippen molar-refractivity contribution in [2.24, 2.45) is 5.92 Å². The van der Waals surface area contributed by atoms with Crippen LogP contribution in [-0.2, 0) is 4.79 Å². The Labute approximate surface area is 104 Å². The second-order valence-corrected chi connectivity index (χ2v) is 5.55. The minimum Gasteiger partial charge on any atom is -0.395 e. The first-order chi connectivity index (χ1) is 7.95. The summed E-state index contributed by atoms with van der Waals surface area (Å²) in [4.78, 5) is 14.1. The van der Waals surface area contributed by atoms with Gasteiger partial charge in [0.2, 0.25) is 5.91 Å². The van der Waals surface area contributed by atoms with Gasteiger partial charge in [0.1, 0.15) is 0 Å². The van der Waals surface area contributed by atoms with E-state index in [0.29, 0.717) is 18.5 Å². The van der Waals surface area contributed by atoms with Crippen LogP contribution in [0.25, 0.3) is 0 Å². The molecule has 0 aromatic carbocycles. The lowest BCUT2D eigenvalue weighted by Crippen LogP contribution is -2.55. The molecule has 4 nitrogen and oxygen atoms in total. The molecule has 4 heteroatoms. The Morgan fingerprint density at radius 1 is 1.41 bits per heavy atom. The highest BCUT2D eigenvalue weighted by atomic mass is 16.3. The predicted molar refractivity (Wildman–Crippen MR) is 68.7 cm³/mol. The summed E-state index contributed by atoms with van der Waals surface area (Å²) in [6, 6.07) is 0.461. The van der Waals surface area contributed by atoms with Crippen LogP contribution in [0, 0.1) is 5.92 Å². The Morgan fingerprint density at radius 3 is 2.53 bits per heavy atom. The first-order valence-corrected chi connectivity index (χ1v) is 6.63. The van der Waals surface area contributed by atoms with Gasteiger partial charge < -0.3 is 15.3 Å². The molecule has 1 saturated heterocycles. The Morgan fingerprint density at radius 2 is 2.06 bits per heavy atom. The predicted octanol–water partition coefficient (Wildman–Crippen LogP) is 0.992. The molecule has 3 atom stereocenters. The Bertz CT molecular complexity index is 246. The van der Waals surface area contributed by atoms with E-state index in [9.17, 15) is 4.79 Å². The van der Waals surface area contributed by atoms with Crippen molar-refractivity contribution < 1.29 is 9.90 Å². The van der Waals surface area contributed by atoms with Gasteiger partial charge in [-0.15, -0.1) is 0 Å². The average molecular weight is 242 g/mol. The molecule has 0 radical (unpaired) electrons. The summed E-state index contributed by atoms with van der Waals surface area (Å²) in [5.41, 5.74) is 0. The topological polar surface area (TPSA) is 52.6 Å². The first-order valence-electron chi connectivity index (χ1n) is 6.63. The molecule has 1 heterocycles. The van der Waals surface area contributed by atoms with Crippen LogP contribution in [-0.4, -0.2) is 47.2 Å². The molecule has 0 saturated carbocycles. The van der Waals surface area contributed by atoms with E-state index >= 15 is 0 Å². The maximum absolute atomic E-state index is 12.4. The molecule has 3 unspecified atom stereocenters. The van der Waals surface area contributed by atoms with Gasteiger partial charge >= 0.3 is 0 Å². The van der Waals surface area contributed by atoms with Crippen molar-refractivity contribution in [2.75, 3.05) is 13.2 Å². The number of carbonyl (C=O) groups is 1. The lowest BCUT2D eigenvalue weighted by molar-refractivity contribution is -0.137. The van der Waals surface area contributed by atoms with E-state index in [4.69, 9.17) is 5.11 Å². The minimum absolute atomic E-state index is 0.0295. The quantitative estimate of drug-likeness (QED) is 0.773. The third-order valence-electron chi connectivity index (χ3n) is 3.43. The molecule has 1 rings (SSSR count). The molecular weight excluding hydrogens is 216 g/mol. The minimum atomic E-state index is -0.0808. The van der Waals surface area contributed by atoms with Crippen LogP contribution in [0.2, 0.25) is 0 Å². The smallest absolute Gasteiger partial charge is 0.240 e. The SMILES string of the molecule is CC1CC(C)NC(C(=O)N(CCO)C(C)C)C1. The molecule has 0 aromatic heterocycles. The monoisotopic (exact) mass is 242 g/mol. The molecule has 100 valence electrons. The molecule has 17 heavy (non-hydrogen) atoms. The molecule has 1 aliphatic heterocycles. The summed E-state index contributed by atoms with van der Waals surface area (Å²) < 4.78 is 0. The van der Waals surface area contributed by atoms with Crippen LogP contribution in [0.5, 0.6) is 0 Å². The normalized spacial score (nSPS) is 29.4. The highest BCUT2D eigenvalue weighted by Crippen LogP contribution is 2.21. The van der Waals surface area contributed by atoms with E-state index < -0.39 is 0 Å². The van der Waals surface area contributed by atoms with E-state index in [1.807, 2.05) is 13.8 Å². The van der Waals surface area contributed by atoms with E-state index in [0.717, 1.165) is 12.8 Å². The van der Waals surface area contributed by atoms with Crippen molar-refractivity contribution >= 4 is 5.91 Å². The summed E-state index contributed by atoms with van der Waals surface area (Å²) >= 11 is 0. The maximum Gasteiger partial charge on any atom is 0.240 e. The highest BCUT2D eigenvalue weighted by molar-refractivity contribution is 5.82. The van der Waals surface area contributed by atoms with Crippen LogP contribution >= 0.6 is 0 Å². The van der Waals surface area contributed by atoms with Crippen molar-refractivity contribution in [1.29, 1.82) is 0 Å². The van der Waals surface area contributed by atoms with E-state index in [2.05, 4.69) is 19.2 Å². The van der Waals surface area contributed by atoms with Crippen LogP contribution in [0.3, 0.4) is 0 Å². The Hall–Kier alpha value is -0.610. The number of aliphatic hydroxyl groups excluding tert-OH is 1. The zero-order valence-electron chi connectivity index (χ0n) is 11.4. The van der Waals surface area contributed by atoms with Crippen LogP contribution < -0.4 is 5.32 Å². The molecule has 0 spiro atoms. The van der Waals surface area contributed by atoms with E-state index in [1.54, 1.807) is 4.90 Å². The van der Waals surface area contributed by atoms with Gasteiger partial charge in [0.15, 0.2) is 0 Å². The standard InChI is InChI=1S/C13H26N2O2/c1-9(2)15(5-6-16)13(17)12-8-10(3)7-11(4)14-12/h9-12,14,16H,5-8H2,1-4H3. The van der Waals surface area contributed by atoms with Gasteiger partial charge in [-0.2, -0.15) is 0 Å². The van der Waals surface area contributed by atoms with Gasteiger partial charge in [0.05, 0.1) is 12.6 Å². The van der Waals surface area contributed by atoms with E-state index in [-0.39, 0.29) is 24.6 Å². The van der Waals surface area contributed by atoms with Crippen molar-refractivity contribution in [3.63, 3.8) is 0 Å². The summed E-state index contributed by atoms with van der Waals surface area (Å²) in [5.74, 6) is 0.718. The third kappa shape index (κ3) is 3.96. The molecule has 1 amide bonds. The highest BCUT2D eigenvalue weighted by Gasteiger charge is 2.31. The van der Waals surface area contributed by atoms with Gasteiger partial charge in [0, 0.05) is 18.6 Å². The third-order valence-corrected chi connectivity index (χ3v) is 3.43. The fraction of sp³-hybridized carbons (Fsp3) is 0.923. The number of amides is 1. The molecule has 0 aliphatic carbocycles. The van der Waals surface area contributed by atoms with Crippen LogP contribution in [0.15, 0.2) is 0 Å². The van der Waals surface area contributed by atoms with Crippen molar-refractivity contribution in [1.82, 2.24) is 10.2 Å². The maximum atomic E-state index is 12.4. The second kappa shape index (κ2) is 6.36. The lowest BCUT2D eigenvalue weighted by atomic mass is 9.89. The summed E-state index contributed by atoms with van der Waals surface area (Å²) in [5, 5.41) is 12.4. The average Bonchev–Trinajstić information content (AvgIpc) is 2.23. The van der Waals surface area contributed by atoms with Crippen molar-refractivity contribution in [3.8, 4) is 0 Å². The Balaban J connectivity index is 2.66. The number of rotatable bonds is 4. The number of hydrogen-bond donors (Lipinski definition) is 2. The molecule has 1 fully saturated rings. The van der Waals surface area contributed by atoms with Crippen molar-refractivity contribution in [3.05, 3.63) is 0 Å². The number of nitrogens with one attached hydrogen (secondary N) is 1. The molecule has 0 bridgehead atoms. The fourth-order valence-corrected chi connectivity index (χ4v) is 2.68. The molecular formula is C13H26N2O2. The number of hydrogen-bond acceptors (Lipinski definition) is 3. The van der Waals surface area contributed by atoms with E-state index in [1.165, 1.54) is 0 Å². The lowest BCUT2D eigenvalue weighted by Gasteiger charge is -2.36. The zero-order valence-corrected chi connectivity index (χ0v) is 11.4. The summed E-state index contributed by atoms with van der Waals surface area (Å²) in [6.45, 7) is 8.76. The van der Waals surface area contributed by atoms with Gasteiger partial charge in [0.25, 0.3) is 0 Å². The zero-order chi connectivity index (χ0) is 13.0. The Kier molecular flexibility index (Phi) is 5.40. The van der Waals surface area contributed by atoms with Gasteiger partial charge in [-0.1, -0.05) is 6.92 Å². The number of nitrogens with zero attached hydrogens (tertiary/aromatic N) is 1. The summed E-state index contributed by atoms with van der Waals surface area (Å²) in [6.07, 6.45) is 2.03. The van der Waals surface area contributed by atoms with Crippen molar-refractivity contribution in [2.45, 2.75) is 58.7 Å². The van der Waals surface area contributed by atoms with Crippen LogP contribution in [0.4, 0.5) is 0 Å². The summed E-state index contributed by atoms with van der Waals surface area (Å²) in [7, 11) is 0. The van der Waals surface area contributed by atoms with Crippen LogP contribution in [0.1, 0.15) is 40.5 Å². The molecule has 0 aromatic rings. The molecule has 1 aliphatic rings. The van der Waals surface area contributed by atoms with Gasteiger partial charge in [-0.25, -0.2) is 0 Å².